The highest BCUT2D eigenvalue weighted by molar-refractivity contribution is 5.34. The molecule has 4 heteroatoms. The van der Waals surface area contributed by atoms with Crippen LogP contribution in [0.5, 0.6) is 0 Å². The van der Waals surface area contributed by atoms with Crippen LogP contribution in [0.3, 0.4) is 0 Å². The van der Waals surface area contributed by atoms with Gasteiger partial charge in [-0.1, -0.05) is 18.2 Å². The molecule has 1 atom stereocenters. The van der Waals surface area contributed by atoms with Crippen LogP contribution in [0, 0.1) is 0 Å². The van der Waals surface area contributed by atoms with Crippen LogP contribution in [0.15, 0.2) is 30.6 Å². The fraction of sp³-hybridized carbons (Fsp3) is 0.400. The van der Waals surface area contributed by atoms with Crippen LogP contribution < -0.4 is 0 Å². The number of aliphatic hydroxyl groups excluding tert-OH is 1. The zero-order valence-corrected chi connectivity index (χ0v) is 11.0. The minimum atomic E-state index is -0.425. The van der Waals surface area contributed by atoms with Crippen molar-refractivity contribution in [2.24, 2.45) is 7.05 Å². The third-order valence-corrected chi connectivity index (χ3v) is 3.60. The molecule has 100 valence electrons. The van der Waals surface area contributed by atoms with Crippen molar-refractivity contribution in [1.29, 1.82) is 0 Å². The van der Waals surface area contributed by atoms with Crippen molar-refractivity contribution in [3.8, 4) is 0 Å². The lowest BCUT2D eigenvalue weighted by Crippen LogP contribution is -2.00. The quantitative estimate of drug-likeness (QED) is 0.913. The smallest absolute Gasteiger partial charge is 0.0793 e. The van der Waals surface area contributed by atoms with Gasteiger partial charge in [0.15, 0.2) is 0 Å². The molecule has 0 saturated heterocycles. The van der Waals surface area contributed by atoms with E-state index < -0.39 is 6.10 Å². The summed E-state index contributed by atoms with van der Waals surface area (Å²) in [5, 5.41) is 14.4. The molecule has 1 aliphatic heterocycles. The molecule has 0 radical (unpaired) electrons. The highest BCUT2D eigenvalue weighted by Gasteiger charge is 2.15. The third-order valence-electron chi connectivity index (χ3n) is 3.60. The van der Waals surface area contributed by atoms with Gasteiger partial charge >= 0.3 is 0 Å². The van der Waals surface area contributed by atoms with Gasteiger partial charge in [-0.25, -0.2) is 0 Å². The number of benzene rings is 1. The highest BCUT2D eigenvalue weighted by atomic mass is 16.5. The van der Waals surface area contributed by atoms with Crippen LogP contribution in [0.4, 0.5) is 0 Å². The first-order valence-corrected chi connectivity index (χ1v) is 6.57. The van der Waals surface area contributed by atoms with E-state index in [0.29, 0.717) is 19.6 Å². The molecule has 1 aliphatic rings. The van der Waals surface area contributed by atoms with Gasteiger partial charge in [-0.15, -0.1) is 0 Å². The van der Waals surface area contributed by atoms with Gasteiger partial charge in [0.05, 0.1) is 25.5 Å². The summed E-state index contributed by atoms with van der Waals surface area (Å²) in [4.78, 5) is 0. The van der Waals surface area contributed by atoms with E-state index in [2.05, 4.69) is 17.2 Å². The molecule has 19 heavy (non-hydrogen) atoms. The molecule has 0 bridgehead atoms. The molecule has 3 rings (SSSR count). The van der Waals surface area contributed by atoms with Crippen molar-refractivity contribution >= 4 is 0 Å². The number of aliphatic hydroxyl groups is 1. The first-order chi connectivity index (χ1) is 9.22. The molecule has 4 nitrogen and oxygen atoms in total. The average Bonchev–Trinajstić information content (AvgIpc) is 3.03. The van der Waals surface area contributed by atoms with Gasteiger partial charge in [-0.2, -0.15) is 5.10 Å². The number of aromatic nitrogens is 2. The van der Waals surface area contributed by atoms with Crippen LogP contribution in [-0.2, 0) is 31.4 Å². The van der Waals surface area contributed by atoms with E-state index in [-0.39, 0.29) is 0 Å². The summed E-state index contributed by atoms with van der Waals surface area (Å²) in [7, 11) is 1.90. The maximum atomic E-state index is 10.3. The van der Waals surface area contributed by atoms with Crippen LogP contribution in [-0.4, -0.2) is 14.9 Å². The summed E-state index contributed by atoms with van der Waals surface area (Å²) in [5.41, 5.74) is 4.58. The van der Waals surface area contributed by atoms with Gasteiger partial charge in [-0.3, -0.25) is 4.68 Å². The van der Waals surface area contributed by atoms with Gasteiger partial charge in [0, 0.05) is 13.2 Å². The molecule has 0 spiro atoms. The van der Waals surface area contributed by atoms with Crippen LogP contribution in [0.25, 0.3) is 0 Å². The van der Waals surface area contributed by atoms with Crippen LogP contribution in [0.2, 0.25) is 0 Å². The second-order valence-electron chi connectivity index (χ2n) is 5.10. The Morgan fingerprint density at radius 3 is 3.00 bits per heavy atom. The Morgan fingerprint density at radius 1 is 1.37 bits per heavy atom. The molecule has 1 unspecified atom stereocenters. The number of nitrogens with zero attached hydrogens (tertiary/aromatic N) is 2. The van der Waals surface area contributed by atoms with Crippen molar-refractivity contribution in [2.45, 2.75) is 32.2 Å². The van der Waals surface area contributed by atoms with Crippen molar-refractivity contribution in [3.05, 3.63) is 52.8 Å². The van der Waals surface area contributed by atoms with Crippen molar-refractivity contribution in [1.82, 2.24) is 9.78 Å². The topological polar surface area (TPSA) is 47.3 Å². The second kappa shape index (κ2) is 5.15. The lowest BCUT2D eigenvalue weighted by molar-refractivity contribution is 0.134. The van der Waals surface area contributed by atoms with E-state index in [1.807, 2.05) is 25.5 Å². The molecule has 2 aromatic rings. The van der Waals surface area contributed by atoms with Gasteiger partial charge in [0.1, 0.15) is 0 Å². The molecule has 0 aliphatic carbocycles. The van der Waals surface area contributed by atoms with Crippen molar-refractivity contribution in [2.75, 3.05) is 0 Å². The van der Waals surface area contributed by atoms with Gasteiger partial charge in [0.2, 0.25) is 0 Å². The molecule has 1 aromatic carbocycles. The Hall–Kier alpha value is -1.65. The standard InChI is InChI=1S/C15H18N2O2/c1-17-8-11(7-16-17)2-5-15(18)12-3-4-13-9-19-10-14(13)6-12/h3-4,6-8,15,18H,2,5,9-10H2,1H3. The van der Waals surface area contributed by atoms with E-state index in [1.54, 1.807) is 4.68 Å². The number of aryl methyl sites for hydroxylation is 2. The van der Waals surface area contributed by atoms with E-state index in [9.17, 15) is 5.11 Å². The molecule has 0 fully saturated rings. The SMILES string of the molecule is Cn1cc(CCC(O)c2ccc3c(c2)COC3)cn1. The first kappa shape index (κ1) is 12.4. The number of rotatable bonds is 4. The Balaban J connectivity index is 1.65. The average molecular weight is 258 g/mol. The summed E-state index contributed by atoms with van der Waals surface area (Å²) in [6.45, 7) is 1.36. The molecule has 2 heterocycles. The predicted octanol–water partition coefficient (Wildman–Crippen LogP) is 2.12. The van der Waals surface area contributed by atoms with Gasteiger partial charge in [-0.05, 0) is 35.1 Å². The Morgan fingerprint density at radius 2 is 2.21 bits per heavy atom. The van der Waals surface area contributed by atoms with Crippen LogP contribution in [0.1, 0.15) is 34.8 Å². The monoisotopic (exact) mass is 258 g/mol. The zero-order chi connectivity index (χ0) is 13.2. The summed E-state index contributed by atoms with van der Waals surface area (Å²) in [6, 6.07) is 6.13. The second-order valence-corrected chi connectivity index (χ2v) is 5.10. The van der Waals surface area contributed by atoms with E-state index in [4.69, 9.17) is 4.74 Å². The largest absolute Gasteiger partial charge is 0.388 e. The number of hydrogen-bond donors (Lipinski definition) is 1. The fourth-order valence-electron chi connectivity index (χ4n) is 2.47. The molecule has 0 amide bonds. The number of ether oxygens (including phenoxy) is 1. The minimum absolute atomic E-state index is 0.425. The lowest BCUT2D eigenvalue weighted by Gasteiger charge is -2.11. The molecular weight excluding hydrogens is 240 g/mol. The minimum Gasteiger partial charge on any atom is -0.388 e. The first-order valence-electron chi connectivity index (χ1n) is 6.57. The third kappa shape index (κ3) is 2.69. The summed E-state index contributed by atoms with van der Waals surface area (Å²) in [5.74, 6) is 0. The van der Waals surface area contributed by atoms with E-state index in [0.717, 1.165) is 17.5 Å². The zero-order valence-electron chi connectivity index (χ0n) is 11.0. The van der Waals surface area contributed by atoms with Crippen molar-refractivity contribution in [3.63, 3.8) is 0 Å². The normalized spacial score (nSPS) is 15.5. The molecular formula is C15H18N2O2. The maximum absolute atomic E-state index is 10.3. The summed E-state index contributed by atoms with van der Waals surface area (Å²) >= 11 is 0. The maximum Gasteiger partial charge on any atom is 0.0793 e. The predicted molar refractivity (Wildman–Crippen MR) is 71.4 cm³/mol. The molecule has 0 saturated carbocycles. The van der Waals surface area contributed by atoms with Crippen LogP contribution >= 0.6 is 0 Å². The van der Waals surface area contributed by atoms with Gasteiger partial charge in [0.25, 0.3) is 0 Å². The molecule has 1 N–H and O–H groups in total. The summed E-state index contributed by atoms with van der Waals surface area (Å²) < 4.78 is 7.18. The Kier molecular flexibility index (Phi) is 3.36. The van der Waals surface area contributed by atoms with E-state index >= 15 is 0 Å². The fourth-order valence-corrected chi connectivity index (χ4v) is 2.47. The Bertz CT molecular complexity index is 577. The van der Waals surface area contributed by atoms with E-state index in [1.165, 1.54) is 11.1 Å². The highest BCUT2D eigenvalue weighted by Crippen LogP contribution is 2.26. The number of hydrogen-bond acceptors (Lipinski definition) is 3. The van der Waals surface area contributed by atoms with Gasteiger partial charge < -0.3 is 9.84 Å². The Labute approximate surface area is 112 Å². The molecule has 1 aromatic heterocycles. The number of fused-ring (bicyclic) bond motifs is 1. The summed E-state index contributed by atoms with van der Waals surface area (Å²) in [6.07, 6.45) is 4.96. The lowest BCUT2D eigenvalue weighted by atomic mass is 9.99. The van der Waals surface area contributed by atoms with Crippen molar-refractivity contribution < 1.29 is 9.84 Å².